The number of aliphatic imine (C=N–C) groups is 1. The minimum absolute atomic E-state index is 0.333. The third kappa shape index (κ3) is 4.43. The number of rotatable bonds is 5. The first-order valence-corrected chi connectivity index (χ1v) is 7.52. The van der Waals surface area contributed by atoms with Crippen molar-refractivity contribution in [1.82, 2.24) is 20.1 Å². The number of nitrogens with one attached hydrogen (secondary N) is 1. The van der Waals surface area contributed by atoms with Crippen molar-refractivity contribution in [2.24, 2.45) is 10.7 Å². The van der Waals surface area contributed by atoms with Crippen LogP contribution >= 0.6 is 0 Å². The number of ether oxygens (including phenoxy) is 2. The maximum atomic E-state index is 5.97. The van der Waals surface area contributed by atoms with E-state index < -0.39 is 0 Å². The lowest BCUT2D eigenvalue weighted by molar-refractivity contribution is 0.0674. The molecule has 122 valence electrons. The fourth-order valence-electron chi connectivity index (χ4n) is 2.18. The molecule has 2 aromatic rings. The van der Waals surface area contributed by atoms with Crippen LogP contribution in [-0.2, 0) is 17.9 Å². The van der Waals surface area contributed by atoms with Gasteiger partial charge in [0.05, 0.1) is 13.2 Å². The average Bonchev–Trinajstić information content (AvgIpc) is 3.07. The van der Waals surface area contributed by atoms with Crippen LogP contribution in [0.3, 0.4) is 0 Å². The van der Waals surface area contributed by atoms with Crippen LogP contribution in [0.5, 0.6) is 5.75 Å². The third-order valence-corrected chi connectivity index (χ3v) is 3.41. The Morgan fingerprint density at radius 1 is 1.30 bits per heavy atom. The molecule has 1 saturated heterocycles. The Morgan fingerprint density at radius 2 is 2.09 bits per heavy atom. The van der Waals surface area contributed by atoms with Gasteiger partial charge in [-0.05, 0) is 12.1 Å². The standard InChI is InChI=1S/C15H20N6O2/c16-15(21-6-8-22-9-7-21)17-10-13-18-14(20-19-13)11-23-12-4-2-1-3-5-12/h1-5H,6-11H2,(H2,16,17)(H,18,19,20). The lowest BCUT2D eigenvalue weighted by atomic mass is 10.3. The van der Waals surface area contributed by atoms with Crippen molar-refractivity contribution in [2.45, 2.75) is 13.2 Å². The Morgan fingerprint density at radius 3 is 2.87 bits per heavy atom. The highest BCUT2D eigenvalue weighted by atomic mass is 16.5. The quantitative estimate of drug-likeness (QED) is 0.616. The topological polar surface area (TPSA) is 102 Å². The number of aromatic amines is 1. The smallest absolute Gasteiger partial charge is 0.191 e. The van der Waals surface area contributed by atoms with Crippen molar-refractivity contribution in [3.8, 4) is 5.75 Å². The van der Waals surface area contributed by atoms with E-state index in [1.165, 1.54) is 0 Å². The van der Waals surface area contributed by atoms with E-state index in [-0.39, 0.29) is 0 Å². The van der Waals surface area contributed by atoms with Gasteiger partial charge in [0.15, 0.2) is 17.6 Å². The van der Waals surface area contributed by atoms with Gasteiger partial charge in [-0.1, -0.05) is 18.2 Å². The summed E-state index contributed by atoms with van der Waals surface area (Å²) >= 11 is 0. The van der Waals surface area contributed by atoms with E-state index in [0.29, 0.717) is 44.0 Å². The molecule has 0 unspecified atom stereocenters. The van der Waals surface area contributed by atoms with Crippen molar-refractivity contribution in [2.75, 3.05) is 26.3 Å². The van der Waals surface area contributed by atoms with Gasteiger partial charge in [0.1, 0.15) is 18.9 Å². The molecule has 0 saturated carbocycles. The maximum absolute atomic E-state index is 5.97. The highest BCUT2D eigenvalue weighted by Crippen LogP contribution is 2.10. The second kappa shape index (κ2) is 7.59. The largest absolute Gasteiger partial charge is 0.486 e. The molecule has 1 aliphatic rings. The summed E-state index contributed by atoms with van der Waals surface area (Å²) in [6, 6.07) is 9.57. The molecule has 2 heterocycles. The number of nitrogens with zero attached hydrogens (tertiary/aromatic N) is 4. The lowest BCUT2D eigenvalue weighted by Gasteiger charge is -2.27. The minimum atomic E-state index is 0.333. The molecule has 0 atom stereocenters. The summed E-state index contributed by atoms with van der Waals surface area (Å²) in [4.78, 5) is 10.7. The number of hydrogen-bond donors (Lipinski definition) is 2. The van der Waals surface area contributed by atoms with Gasteiger partial charge in [-0.15, -0.1) is 0 Å². The van der Waals surface area contributed by atoms with E-state index in [0.717, 1.165) is 18.8 Å². The van der Waals surface area contributed by atoms with E-state index in [1.807, 2.05) is 35.2 Å². The zero-order valence-electron chi connectivity index (χ0n) is 12.8. The Hall–Kier alpha value is -2.61. The lowest BCUT2D eigenvalue weighted by Crippen LogP contribution is -2.44. The van der Waals surface area contributed by atoms with E-state index >= 15 is 0 Å². The Balaban J connectivity index is 1.50. The molecule has 8 heteroatoms. The van der Waals surface area contributed by atoms with Gasteiger partial charge in [-0.2, -0.15) is 5.10 Å². The molecule has 0 radical (unpaired) electrons. The normalized spacial score (nSPS) is 15.7. The van der Waals surface area contributed by atoms with Crippen molar-refractivity contribution in [1.29, 1.82) is 0 Å². The summed E-state index contributed by atoms with van der Waals surface area (Å²) in [6.45, 7) is 3.55. The van der Waals surface area contributed by atoms with Gasteiger partial charge >= 0.3 is 0 Å². The Bertz CT molecular complexity index is 636. The SMILES string of the molecule is NC(=NCc1n[nH]c(COc2ccccc2)n1)N1CCOCC1. The molecule has 8 nitrogen and oxygen atoms in total. The molecular weight excluding hydrogens is 296 g/mol. The summed E-state index contributed by atoms with van der Waals surface area (Å²) in [5.74, 6) is 2.54. The number of H-pyrrole nitrogens is 1. The second-order valence-corrected chi connectivity index (χ2v) is 5.07. The Kier molecular flexibility index (Phi) is 5.05. The van der Waals surface area contributed by atoms with Gasteiger partial charge in [0, 0.05) is 13.1 Å². The van der Waals surface area contributed by atoms with Crippen molar-refractivity contribution in [3.05, 3.63) is 42.0 Å². The maximum Gasteiger partial charge on any atom is 0.191 e. The van der Waals surface area contributed by atoms with Crippen LogP contribution in [0, 0.1) is 0 Å². The minimum Gasteiger partial charge on any atom is -0.486 e. The van der Waals surface area contributed by atoms with Gasteiger partial charge < -0.3 is 20.1 Å². The molecule has 0 spiro atoms. The van der Waals surface area contributed by atoms with Gasteiger partial charge in [0.2, 0.25) is 0 Å². The van der Waals surface area contributed by atoms with E-state index in [4.69, 9.17) is 15.2 Å². The summed E-state index contributed by atoms with van der Waals surface area (Å²) in [5.41, 5.74) is 5.97. The average molecular weight is 316 g/mol. The van der Waals surface area contributed by atoms with E-state index in [9.17, 15) is 0 Å². The number of morpholine rings is 1. The third-order valence-electron chi connectivity index (χ3n) is 3.41. The highest BCUT2D eigenvalue weighted by molar-refractivity contribution is 5.78. The predicted octanol–water partition coefficient (Wildman–Crippen LogP) is 0.531. The van der Waals surface area contributed by atoms with E-state index in [2.05, 4.69) is 20.2 Å². The molecule has 1 aromatic heterocycles. The van der Waals surface area contributed by atoms with Crippen LogP contribution in [0.15, 0.2) is 35.3 Å². The van der Waals surface area contributed by atoms with Crippen molar-refractivity contribution < 1.29 is 9.47 Å². The molecule has 0 bridgehead atoms. The van der Waals surface area contributed by atoms with Crippen LogP contribution in [0.1, 0.15) is 11.6 Å². The molecule has 23 heavy (non-hydrogen) atoms. The van der Waals surface area contributed by atoms with Gasteiger partial charge in [-0.25, -0.2) is 9.98 Å². The zero-order valence-corrected chi connectivity index (χ0v) is 12.8. The van der Waals surface area contributed by atoms with E-state index in [1.54, 1.807) is 0 Å². The molecule has 0 aliphatic carbocycles. The summed E-state index contributed by atoms with van der Waals surface area (Å²) in [6.07, 6.45) is 0. The van der Waals surface area contributed by atoms with Crippen LogP contribution < -0.4 is 10.5 Å². The summed E-state index contributed by atoms with van der Waals surface area (Å²) in [5, 5.41) is 6.97. The molecule has 0 amide bonds. The van der Waals surface area contributed by atoms with Gasteiger partial charge in [0.25, 0.3) is 0 Å². The molecule has 1 aliphatic heterocycles. The molecule has 3 rings (SSSR count). The molecular formula is C15H20N6O2. The summed E-state index contributed by atoms with van der Waals surface area (Å²) in [7, 11) is 0. The first-order chi connectivity index (χ1) is 11.3. The predicted molar refractivity (Wildman–Crippen MR) is 84.9 cm³/mol. The van der Waals surface area contributed by atoms with Crippen LogP contribution in [0.2, 0.25) is 0 Å². The second-order valence-electron chi connectivity index (χ2n) is 5.07. The number of aromatic nitrogens is 3. The van der Waals surface area contributed by atoms with Crippen LogP contribution in [-0.4, -0.2) is 52.3 Å². The monoisotopic (exact) mass is 316 g/mol. The highest BCUT2D eigenvalue weighted by Gasteiger charge is 2.12. The number of hydrogen-bond acceptors (Lipinski definition) is 5. The van der Waals surface area contributed by atoms with Gasteiger partial charge in [-0.3, -0.25) is 5.10 Å². The molecule has 1 aromatic carbocycles. The number of benzene rings is 1. The number of nitrogens with two attached hydrogens (primary N) is 1. The first kappa shape index (κ1) is 15.3. The van der Waals surface area contributed by atoms with Crippen molar-refractivity contribution >= 4 is 5.96 Å². The Labute approximate surface area is 134 Å². The number of para-hydroxylation sites is 1. The fraction of sp³-hybridized carbons (Fsp3) is 0.400. The summed E-state index contributed by atoms with van der Waals surface area (Å²) < 4.78 is 10.9. The van der Waals surface area contributed by atoms with Crippen LogP contribution in [0.4, 0.5) is 0 Å². The fourth-order valence-corrected chi connectivity index (χ4v) is 2.18. The van der Waals surface area contributed by atoms with Crippen LogP contribution in [0.25, 0.3) is 0 Å². The first-order valence-electron chi connectivity index (χ1n) is 7.52. The molecule has 3 N–H and O–H groups in total. The molecule has 1 fully saturated rings. The van der Waals surface area contributed by atoms with Crippen molar-refractivity contribution in [3.63, 3.8) is 0 Å². The number of guanidine groups is 1. The zero-order chi connectivity index (χ0) is 15.9.